The van der Waals surface area contributed by atoms with Gasteiger partial charge in [-0.1, -0.05) is 18.2 Å². The van der Waals surface area contributed by atoms with Crippen molar-refractivity contribution in [2.24, 2.45) is 5.73 Å². The molecule has 1 aromatic carbocycles. The molecule has 0 aliphatic carbocycles. The summed E-state index contributed by atoms with van der Waals surface area (Å²) in [4.78, 5) is 63.0. The molecule has 0 saturated carbocycles. The van der Waals surface area contributed by atoms with Gasteiger partial charge in [0.2, 0.25) is 17.7 Å². The number of H-pyrrole nitrogens is 1. The summed E-state index contributed by atoms with van der Waals surface area (Å²) in [6.07, 6.45) is -0.506. The molecule has 35 heavy (non-hydrogen) atoms. The van der Waals surface area contributed by atoms with Gasteiger partial charge in [-0.3, -0.25) is 24.0 Å². The first kappa shape index (κ1) is 27.3. The number of benzene rings is 1. The fraction of sp³-hybridized carbons (Fsp3) is 0.409. The van der Waals surface area contributed by atoms with Crippen LogP contribution in [0.2, 0.25) is 0 Å². The predicted molar refractivity (Wildman–Crippen MR) is 123 cm³/mol. The van der Waals surface area contributed by atoms with Crippen molar-refractivity contribution in [1.29, 1.82) is 0 Å². The number of para-hydroxylation sites is 1. The summed E-state index contributed by atoms with van der Waals surface area (Å²) < 4.78 is 0. The van der Waals surface area contributed by atoms with E-state index < -0.39 is 66.4 Å². The molecule has 0 aliphatic heterocycles. The number of aliphatic carboxylic acids is 2. The van der Waals surface area contributed by atoms with Gasteiger partial charge in [-0.2, -0.15) is 0 Å². The van der Waals surface area contributed by atoms with Gasteiger partial charge in [-0.15, -0.1) is 0 Å². The molecule has 0 bridgehead atoms. The lowest BCUT2D eigenvalue weighted by molar-refractivity contribution is -0.142. The van der Waals surface area contributed by atoms with E-state index in [0.717, 1.165) is 10.9 Å². The molecule has 9 N–H and O–H groups in total. The van der Waals surface area contributed by atoms with Gasteiger partial charge in [-0.25, -0.2) is 0 Å². The number of aromatic amines is 1. The molecule has 13 nitrogen and oxygen atoms in total. The van der Waals surface area contributed by atoms with E-state index in [1.54, 1.807) is 18.3 Å². The lowest BCUT2D eigenvalue weighted by Gasteiger charge is -2.26. The van der Waals surface area contributed by atoms with Crippen LogP contribution in [0, 0.1) is 0 Å². The molecular formula is C22H29N5O8. The van der Waals surface area contributed by atoms with Crippen molar-refractivity contribution in [2.45, 2.75) is 57.0 Å². The van der Waals surface area contributed by atoms with Crippen LogP contribution in [-0.4, -0.2) is 80.2 Å². The smallest absolute Gasteiger partial charge is 0.325 e. The molecule has 1 heterocycles. The van der Waals surface area contributed by atoms with Crippen molar-refractivity contribution in [2.75, 3.05) is 0 Å². The lowest BCUT2D eigenvalue weighted by atomic mass is 10.0. The second-order valence-corrected chi connectivity index (χ2v) is 8.12. The zero-order chi connectivity index (χ0) is 26.3. The molecule has 0 radical (unpaired) electrons. The Morgan fingerprint density at radius 3 is 2.23 bits per heavy atom. The third kappa shape index (κ3) is 7.52. The maximum Gasteiger partial charge on any atom is 0.325 e. The highest BCUT2D eigenvalue weighted by Gasteiger charge is 2.32. The van der Waals surface area contributed by atoms with Crippen LogP contribution in [0.5, 0.6) is 0 Å². The fourth-order valence-electron chi connectivity index (χ4n) is 3.31. The number of nitrogens with two attached hydrogens (primary N) is 1. The Balaban J connectivity index is 2.26. The maximum atomic E-state index is 12.9. The normalized spacial score (nSPS) is 15.3. The summed E-state index contributed by atoms with van der Waals surface area (Å²) in [5.41, 5.74) is 6.96. The third-order valence-electron chi connectivity index (χ3n) is 5.26. The van der Waals surface area contributed by atoms with Crippen molar-refractivity contribution in [3.05, 3.63) is 36.0 Å². The zero-order valence-corrected chi connectivity index (χ0v) is 19.1. The maximum absolute atomic E-state index is 12.9. The second kappa shape index (κ2) is 11.9. The summed E-state index contributed by atoms with van der Waals surface area (Å²) in [5.74, 6) is -5.33. The van der Waals surface area contributed by atoms with Crippen molar-refractivity contribution in [3.8, 4) is 0 Å². The third-order valence-corrected chi connectivity index (χ3v) is 5.26. The molecule has 0 aliphatic rings. The summed E-state index contributed by atoms with van der Waals surface area (Å²) in [6.45, 7) is 2.47. The van der Waals surface area contributed by atoms with Gasteiger partial charge in [-0.05, 0) is 25.5 Å². The van der Waals surface area contributed by atoms with Gasteiger partial charge >= 0.3 is 11.9 Å². The number of aliphatic hydroxyl groups excluding tert-OH is 1. The number of carboxylic acids is 2. The summed E-state index contributed by atoms with van der Waals surface area (Å²) >= 11 is 0. The topological polar surface area (TPSA) is 224 Å². The van der Waals surface area contributed by atoms with Gasteiger partial charge in [0.15, 0.2) is 0 Å². The molecule has 0 fully saturated rings. The highest BCUT2D eigenvalue weighted by molar-refractivity contribution is 5.95. The lowest BCUT2D eigenvalue weighted by Crippen LogP contribution is -2.60. The molecule has 2 rings (SSSR count). The van der Waals surface area contributed by atoms with Gasteiger partial charge in [0.1, 0.15) is 18.1 Å². The van der Waals surface area contributed by atoms with Gasteiger partial charge in [0.25, 0.3) is 0 Å². The number of amides is 3. The van der Waals surface area contributed by atoms with Crippen molar-refractivity contribution in [3.63, 3.8) is 0 Å². The molecule has 5 unspecified atom stereocenters. The van der Waals surface area contributed by atoms with Gasteiger partial charge in [0.05, 0.1) is 18.6 Å². The number of carbonyl (C=O) groups excluding carboxylic acids is 3. The van der Waals surface area contributed by atoms with Crippen LogP contribution in [0.15, 0.2) is 30.5 Å². The van der Waals surface area contributed by atoms with E-state index in [1.165, 1.54) is 13.8 Å². The van der Waals surface area contributed by atoms with Crippen LogP contribution < -0.4 is 21.7 Å². The molecule has 190 valence electrons. The Kier molecular flexibility index (Phi) is 9.31. The van der Waals surface area contributed by atoms with E-state index in [2.05, 4.69) is 20.9 Å². The second-order valence-electron chi connectivity index (χ2n) is 8.12. The number of aromatic nitrogens is 1. The molecular weight excluding hydrogens is 462 g/mol. The quantitative estimate of drug-likeness (QED) is 0.172. The Labute approximate surface area is 200 Å². The van der Waals surface area contributed by atoms with Gasteiger partial charge in [0, 0.05) is 23.5 Å². The summed E-state index contributed by atoms with van der Waals surface area (Å²) in [5, 5.41) is 35.7. The Bertz CT molecular complexity index is 1100. The molecule has 5 atom stereocenters. The molecule has 3 amide bonds. The van der Waals surface area contributed by atoms with E-state index in [4.69, 9.17) is 15.9 Å². The van der Waals surface area contributed by atoms with E-state index in [1.807, 2.05) is 12.1 Å². The Hall–Kier alpha value is -3.97. The number of hydrogen-bond acceptors (Lipinski definition) is 7. The number of hydrogen-bond donors (Lipinski definition) is 8. The standard InChI is InChI=1S/C22H29N5O8/c1-10(22(34)35)25-20(32)16(7-12-9-24-15-6-4-3-5-13(12)15)26-21(33)18(11(2)28)27-19(31)14(23)8-17(29)30/h3-6,9-11,14,16,18,24,28H,7-8,23H2,1-2H3,(H,25,32)(H,26,33)(H,27,31)(H,29,30)(H,34,35). The van der Waals surface area contributed by atoms with E-state index in [0.29, 0.717) is 5.56 Å². The number of carbonyl (C=O) groups is 5. The van der Waals surface area contributed by atoms with Crippen LogP contribution >= 0.6 is 0 Å². The minimum Gasteiger partial charge on any atom is -0.481 e. The summed E-state index contributed by atoms with van der Waals surface area (Å²) in [6, 6.07) is 1.69. The van der Waals surface area contributed by atoms with Crippen LogP contribution in [0.3, 0.4) is 0 Å². The minimum atomic E-state index is -1.56. The summed E-state index contributed by atoms with van der Waals surface area (Å²) in [7, 11) is 0. The monoisotopic (exact) mass is 491 g/mol. The molecule has 0 saturated heterocycles. The number of aliphatic hydroxyl groups is 1. The fourth-order valence-corrected chi connectivity index (χ4v) is 3.31. The van der Waals surface area contributed by atoms with E-state index in [9.17, 15) is 29.1 Å². The molecule has 1 aromatic heterocycles. The first-order valence-electron chi connectivity index (χ1n) is 10.7. The molecule has 0 spiro atoms. The zero-order valence-electron chi connectivity index (χ0n) is 19.1. The Morgan fingerprint density at radius 1 is 0.971 bits per heavy atom. The predicted octanol–water partition coefficient (Wildman–Crippen LogP) is -1.55. The first-order valence-corrected chi connectivity index (χ1v) is 10.7. The van der Waals surface area contributed by atoms with E-state index >= 15 is 0 Å². The average molecular weight is 492 g/mol. The first-order chi connectivity index (χ1) is 16.4. The van der Waals surface area contributed by atoms with Crippen molar-refractivity contribution < 1.29 is 39.3 Å². The number of fused-ring (bicyclic) bond motifs is 1. The molecule has 2 aromatic rings. The van der Waals surface area contributed by atoms with Crippen molar-refractivity contribution in [1.82, 2.24) is 20.9 Å². The van der Waals surface area contributed by atoms with Crippen LogP contribution in [-0.2, 0) is 30.4 Å². The highest BCUT2D eigenvalue weighted by Crippen LogP contribution is 2.19. The van der Waals surface area contributed by atoms with Crippen LogP contribution in [0.4, 0.5) is 0 Å². The van der Waals surface area contributed by atoms with Crippen LogP contribution in [0.1, 0.15) is 25.8 Å². The average Bonchev–Trinajstić information content (AvgIpc) is 3.18. The molecule has 13 heteroatoms. The minimum absolute atomic E-state index is 0.0348. The van der Waals surface area contributed by atoms with Gasteiger partial charge < -0.3 is 42.0 Å². The van der Waals surface area contributed by atoms with Crippen LogP contribution in [0.25, 0.3) is 10.9 Å². The number of rotatable bonds is 12. The largest absolute Gasteiger partial charge is 0.481 e. The SMILES string of the molecule is CC(NC(=O)C(Cc1c[nH]c2ccccc12)NC(=O)C(NC(=O)C(N)CC(=O)O)C(C)O)C(=O)O. The van der Waals surface area contributed by atoms with Crippen molar-refractivity contribution >= 4 is 40.6 Å². The van der Waals surface area contributed by atoms with E-state index in [-0.39, 0.29) is 6.42 Å². The Morgan fingerprint density at radius 2 is 1.63 bits per heavy atom. The number of carboxylic acid groups (broad SMARTS) is 2. The highest BCUT2D eigenvalue weighted by atomic mass is 16.4. The number of nitrogens with one attached hydrogen (secondary N) is 4.